The van der Waals surface area contributed by atoms with Gasteiger partial charge in [0.2, 0.25) is 5.78 Å². The van der Waals surface area contributed by atoms with Crippen LogP contribution in [0.25, 0.3) is 11.0 Å². The summed E-state index contributed by atoms with van der Waals surface area (Å²) >= 11 is 5.59. The van der Waals surface area contributed by atoms with E-state index in [9.17, 15) is 27.2 Å². The van der Waals surface area contributed by atoms with Gasteiger partial charge in [-0.3, -0.25) is 4.79 Å². The van der Waals surface area contributed by atoms with Crippen LogP contribution >= 0.6 is 11.6 Å². The second-order valence-corrected chi connectivity index (χ2v) is 9.19. The van der Waals surface area contributed by atoms with Crippen molar-refractivity contribution in [1.29, 1.82) is 0 Å². The molecule has 0 aliphatic carbocycles. The third kappa shape index (κ3) is 5.82. The molecule has 0 unspecified atom stereocenters. The van der Waals surface area contributed by atoms with Crippen LogP contribution in [-0.4, -0.2) is 48.1 Å². The second kappa shape index (κ2) is 11.1. The van der Waals surface area contributed by atoms with E-state index in [1.807, 2.05) is 4.90 Å². The van der Waals surface area contributed by atoms with Gasteiger partial charge in [-0.15, -0.1) is 0 Å². The highest BCUT2D eigenvalue weighted by molar-refractivity contribution is 6.31. The molecule has 1 aliphatic rings. The number of para-hydroxylation sites is 2. The number of ether oxygens (including phenoxy) is 1. The van der Waals surface area contributed by atoms with Crippen molar-refractivity contribution in [3.8, 4) is 0 Å². The molecule has 1 fully saturated rings. The molecule has 40 heavy (non-hydrogen) atoms. The Hall–Kier alpha value is -4.29. The zero-order valence-corrected chi connectivity index (χ0v) is 21.3. The molecule has 1 aromatic heterocycles. The van der Waals surface area contributed by atoms with Crippen LogP contribution in [0.2, 0.25) is 5.02 Å². The van der Waals surface area contributed by atoms with Crippen molar-refractivity contribution in [2.24, 2.45) is 0 Å². The molecule has 2 heterocycles. The molecule has 0 saturated carbocycles. The first kappa shape index (κ1) is 27.3. The average molecular weight is 574 g/mol. The van der Waals surface area contributed by atoms with Crippen molar-refractivity contribution in [3.05, 3.63) is 88.3 Å². The third-order valence-electron chi connectivity index (χ3n) is 6.09. The smallest absolute Gasteiger partial charge is 0.378 e. The number of fused-ring (bicyclic) bond motifs is 1. The van der Waals surface area contributed by atoms with Crippen LogP contribution in [0.5, 0.6) is 0 Å². The summed E-state index contributed by atoms with van der Waals surface area (Å²) in [6, 6.07) is 12.3. The monoisotopic (exact) mass is 573 g/mol. The number of morpholine rings is 1. The van der Waals surface area contributed by atoms with Crippen molar-refractivity contribution in [2.45, 2.75) is 6.18 Å². The van der Waals surface area contributed by atoms with Gasteiger partial charge in [0.1, 0.15) is 5.82 Å². The molecule has 1 aliphatic heterocycles. The average Bonchev–Trinajstić information content (AvgIpc) is 2.94. The number of nitrogens with zero attached hydrogens (tertiary/aromatic N) is 3. The Morgan fingerprint density at radius 3 is 2.30 bits per heavy atom. The van der Waals surface area contributed by atoms with E-state index in [0.717, 1.165) is 12.1 Å². The summed E-state index contributed by atoms with van der Waals surface area (Å²) in [4.78, 5) is 36.9. The number of amides is 2. The van der Waals surface area contributed by atoms with Crippen LogP contribution in [0.1, 0.15) is 21.6 Å². The number of benzene rings is 3. The number of anilines is 3. The molecular formula is C27H20ClF4N5O3. The number of urea groups is 1. The predicted molar refractivity (Wildman–Crippen MR) is 141 cm³/mol. The fraction of sp³-hybridized carbons (Fsp3) is 0.185. The van der Waals surface area contributed by atoms with Gasteiger partial charge < -0.3 is 20.3 Å². The zero-order chi connectivity index (χ0) is 28.4. The molecule has 4 aromatic rings. The van der Waals surface area contributed by atoms with Crippen molar-refractivity contribution in [2.75, 3.05) is 41.8 Å². The fourth-order valence-electron chi connectivity index (χ4n) is 4.14. The van der Waals surface area contributed by atoms with Gasteiger partial charge in [-0.05, 0) is 48.5 Å². The van der Waals surface area contributed by atoms with E-state index in [1.54, 1.807) is 24.3 Å². The van der Waals surface area contributed by atoms with Crippen LogP contribution < -0.4 is 15.5 Å². The second-order valence-electron chi connectivity index (χ2n) is 8.78. The van der Waals surface area contributed by atoms with Crippen LogP contribution in [-0.2, 0) is 10.9 Å². The number of carbonyl (C=O) groups excluding carboxylic acids is 2. The van der Waals surface area contributed by atoms with E-state index in [1.165, 1.54) is 18.2 Å². The molecule has 13 heteroatoms. The normalized spacial score (nSPS) is 13.8. The van der Waals surface area contributed by atoms with Crippen LogP contribution in [0.3, 0.4) is 0 Å². The van der Waals surface area contributed by atoms with Crippen molar-refractivity contribution >= 4 is 51.6 Å². The lowest BCUT2D eigenvalue weighted by atomic mass is 10.1. The first-order valence-corrected chi connectivity index (χ1v) is 12.4. The van der Waals surface area contributed by atoms with Gasteiger partial charge >= 0.3 is 12.2 Å². The summed E-state index contributed by atoms with van der Waals surface area (Å²) in [7, 11) is 0. The van der Waals surface area contributed by atoms with Gasteiger partial charge in [-0.1, -0.05) is 23.7 Å². The zero-order valence-electron chi connectivity index (χ0n) is 20.6. The van der Waals surface area contributed by atoms with E-state index in [2.05, 4.69) is 20.6 Å². The number of aromatic nitrogens is 2. The van der Waals surface area contributed by atoms with Crippen LogP contribution in [0.15, 0.2) is 60.7 Å². The van der Waals surface area contributed by atoms with E-state index < -0.39 is 34.4 Å². The molecular weight excluding hydrogens is 554 g/mol. The Morgan fingerprint density at radius 1 is 0.925 bits per heavy atom. The minimum Gasteiger partial charge on any atom is -0.378 e. The van der Waals surface area contributed by atoms with Crippen molar-refractivity contribution < 1.29 is 31.9 Å². The number of nitrogens with one attached hydrogen (secondary N) is 2. The van der Waals surface area contributed by atoms with E-state index in [-0.39, 0.29) is 22.6 Å². The Kier molecular flexibility index (Phi) is 7.55. The summed E-state index contributed by atoms with van der Waals surface area (Å²) in [6.07, 6.45) is -4.73. The summed E-state index contributed by atoms with van der Waals surface area (Å²) < 4.78 is 59.7. The highest BCUT2D eigenvalue weighted by Crippen LogP contribution is 2.36. The highest BCUT2D eigenvalue weighted by Gasteiger charge is 2.33. The minimum absolute atomic E-state index is 0.0323. The molecule has 0 atom stereocenters. The molecule has 206 valence electrons. The maximum Gasteiger partial charge on any atom is 0.417 e. The van der Waals surface area contributed by atoms with Crippen molar-refractivity contribution in [1.82, 2.24) is 9.97 Å². The van der Waals surface area contributed by atoms with Gasteiger partial charge in [-0.25, -0.2) is 19.2 Å². The first-order chi connectivity index (χ1) is 19.1. The third-order valence-corrected chi connectivity index (χ3v) is 6.42. The molecule has 0 radical (unpaired) electrons. The number of carbonyl (C=O) groups is 2. The summed E-state index contributed by atoms with van der Waals surface area (Å²) in [5.74, 6) is -1.15. The summed E-state index contributed by atoms with van der Waals surface area (Å²) in [6.45, 7) is 1.90. The van der Waals surface area contributed by atoms with E-state index in [4.69, 9.17) is 16.3 Å². The van der Waals surface area contributed by atoms with Gasteiger partial charge in [0.05, 0.1) is 40.5 Å². The molecule has 2 N–H and O–H groups in total. The first-order valence-electron chi connectivity index (χ1n) is 12.0. The van der Waals surface area contributed by atoms with E-state index >= 15 is 0 Å². The quantitative estimate of drug-likeness (QED) is 0.219. The highest BCUT2D eigenvalue weighted by atomic mass is 35.5. The maximum absolute atomic E-state index is 15.0. The molecule has 1 saturated heterocycles. The largest absolute Gasteiger partial charge is 0.417 e. The summed E-state index contributed by atoms with van der Waals surface area (Å²) in [5, 5.41) is 3.90. The Labute approximate surface area is 229 Å². The van der Waals surface area contributed by atoms with Crippen molar-refractivity contribution in [3.63, 3.8) is 0 Å². The molecule has 0 spiro atoms. The molecule has 8 nitrogen and oxygen atoms in total. The SMILES string of the molecule is O=C(Nc1ccc(Cl)c(C(F)(F)F)c1)Nc1ccc(C(=O)c2nc3ccccc3nc2N2CCOCC2)cc1F. The van der Waals surface area contributed by atoms with Gasteiger partial charge in [-0.2, -0.15) is 13.2 Å². The summed E-state index contributed by atoms with van der Waals surface area (Å²) in [5.41, 5.74) is -0.524. The molecule has 5 rings (SSSR count). The Balaban J connectivity index is 1.37. The number of halogens is 5. The van der Waals surface area contributed by atoms with Crippen LogP contribution in [0.4, 0.5) is 39.5 Å². The standard InChI is InChI=1S/C27H20ClF4N5O3/c28-18-7-6-16(14-17(18)27(30,31)32)33-26(39)36-20-8-5-15(13-19(20)29)24(38)23-25(37-9-11-40-12-10-37)35-22-4-2-1-3-21(22)34-23/h1-8,13-14H,9-12H2,(H2,33,36,39). The van der Waals surface area contributed by atoms with Crippen LogP contribution in [0, 0.1) is 5.82 Å². The number of hydrogen-bond donors (Lipinski definition) is 2. The molecule has 3 aromatic carbocycles. The lowest BCUT2D eigenvalue weighted by Crippen LogP contribution is -2.38. The van der Waals surface area contributed by atoms with E-state index in [0.29, 0.717) is 49.2 Å². The topological polar surface area (TPSA) is 96.5 Å². The maximum atomic E-state index is 15.0. The number of hydrogen-bond acceptors (Lipinski definition) is 6. The Bertz CT molecular complexity index is 1610. The molecule has 0 bridgehead atoms. The lowest BCUT2D eigenvalue weighted by molar-refractivity contribution is -0.137. The van der Waals surface area contributed by atoms with Gasteiger partial charge in [0.15, 0.2) is 11.5 Å². The lowest BCUT2D eigenvalue weighted by Gasteiger charge is -2.29. The predicted octanol–water partition coefficient (Wildman–Crippen LogP) is 6.15. The number of ketones is 1. The fourth-order valence-corrected chi connectivity index (χ4v) is 4.36. The van der Waals surface area contributed by atoms with Gasteiger partial charge in [0, 0.05) is 24.3 Å². The Morgan fingerprint density at radius 2 is 1.62 bits per heavy atom. The minimum atomic E-state index is -4.73. The number of alkyl halides is 3. The number of rotatable bonds is 5. The van der Waals surface area contributed by atoms with Gasteiger partial charge in [0.25, 0.3) is 0 Å². The molecule has 2 amide bonds.